The summed E-state index contributed by atoms with van der Waals surface area (Å²) >= 11 is 0. The molecule has 0 bridgehead atoms. The van der Waals surface area contributed by atoms with E-state index in [9.17, 15) is 8.42 Å². The van der Waals surface area contributed by atoms with Crippen LogP contribution in [0.4, 0.5) is 0 Å². The molecule has 0 saturated heterocycles. The van der Waals surface area contributed by atoms with Gasteiger partial charge in [-0.25, -0.2) is 13.1 Å². The summed E-state index contributed by atoms with van der Waals surface area (Å²) in [6.45, 7) is 4.64. The Labute approximate surface area is 128 Å². The van der Waals surface area contributed by atoms with Gasteiger partial charge in [-0.15, -0.1) is 0 Å². The first-order chi connectivity index (χ1) is 10.1. The number of aryl methyl sites for hydroxylation is 1. The van der Waals surface area contributed by atoms with Crippen molar-refractivity contribution in [3.63, 3.8) is 0 Å². The maximum atomic E-state index is 12.1. The highest BCUT2D eigenvalue weighted by Gasteiger charge is 2.22. The third-order valence-corrected chi connectivity index (χ3v) is 5.32. The van der Waals surface area contributed by atoms with E-state index < -0.39 is 10.0 Å². The van der Waals surface area contributed by atoms with Gasteiger partial charge in [-0.1, -0.05) is 31.9 Å². The van der Waals surface area contributed by atoms with Gasteiger partial charge >= 0.3 is 0 Å². The molecule has 0 spiro atoms. The summed E-state index contributed by atoms with van der Waals surface area (Å²) in [6.07, 6.45) is 5.51. The van der Waals surface area contributed by atoms with Gasteiger partial charge in [0, 0.05) is 6.54 Å². The first-order valence-electron chi connectivity index (χ1n) is 7.91. The molecule has 1 fully saturated rings. The number of benzene rings is 1. The van der Waals surface area contributed by atoms with Crippen molar-refractivity contribution < 1.29 is 8.42 Å². The van der Waals surface area contributed by atoms with E-state index in [1.807, 2.05) is 12.1 Å². The number of rotatable bonds is 10. The molecule has 2 N–H and O–H groups in total. The highest BCUT2D eigenvalue weighted by Crippen LogP contribution is 2.31. The molecule has 1 aromatic carbocycles. The number of hydrogen-bond acceptors (Lipinski definition) is 3. The zero-order valence-corrected chi connectivity index (χ0v) is 13.6. The topological polar surface area (TPSA) is 58.2 Å². The van der Waals surface area contributed by atoms with Gasteiger partial charge in [-0.05, 0) is 56.0 Å². The van der Waals surface area contributed by atoms with Crippen molar-refractivity contribution in [3.05, 3.63) is 29.8 Å². The van der Waals surface area contributed by atoms with Crippen LogP contribution in [-0.4, -0.2) is 28.1 Å². The molecule has 1 aliphatic rings. The van der Waals surface area contributed by atoms with Gasteiger partial charge in [-0.2, -0.15) is 0 Å². The van der Waals surface area contributed by atoms with Gasteiger partial charge in [0.1, 0.15) is 0 Å². The van der Waals surface area contributed by atoms with E-state index >= 15 is 0 Å². The maximum absolute atomic E-state index is 12.1. The predicted octanol–water partition coefficient (Wildman–Crippen LogP) is 2.31. The fourth-order valence-electron chi connectivity index (χ4n) is 2.32. The van der Waals surface area contributed by atoms with Gasteiger partial charge in [0.05, 0.1) is 4.90 Å². The second-order valence-electron chi connectivity index (χ2n) is 5.73. The summed E-state index contributed by atoms with van der Waals surface area (Å²) in [5.74, 6) is 0.742. The fraction of sp³-hybridized carbons (Fsp3) is 0.625. The van der Waals surface area contributed by atoms with Crippen LogP contribution in [0, 0.1) is 5.92 Å². The lowest BCUT2D eigenvalue weighted by atomic mass is 10.1. The van der Waals surface area contributed by atoms with E-state index in [-0.39, 0.29) is 0 Å². The lowest BCUT2D eigenvalue weighted by Crippen LogP contribution is -2.25. The van der Waals surface area contributed by atoms with Crippen LogP contribution < -0.4 is 10.0 Å². The standard InChI is InChI=1S/C16H26N2O2S/c1-2-17-12-3-4-14-7-9-16(10-8-14)21(19,20)18-13-11-15-5-6-15/h7-10,15,17-18H,2-6,11-13H2,1H3. The van der Waals surface area contributed by atoms with Gasteiger partial charge in [0.15, 0.2) is 0 Å². The van der Waals surface area contributed by atoms with Crippen LogP contribution in [0.5, 0.6) is 0 Å². The first-order valence-corrected chi connectivity index (χ1v) is 9.39. The van der Waals surface area contributed by atoms with E-state index in [0.717, 1.165) is 38.3 Å². The summed E-state index contributed by atoms with van der Waals surface area (Å²) in [7, 11) is -3.34. The van der Waals surface area contributed by atoms with E-state index in [1.54, 1.807) is 12.1 Å². The van der Waals surface area contributed by atoms with Crippen LogP contribution in [0.1, 0.15) is 38.2 Å². The van der Waals surface area contributed by atoms with E-state index in [2.05, 4.69) is 17.0 Å². The lowest BCUT2D eigenvalue weighted by Gasteiger charge is -2.08. The normalized spacial score (nSPS) is 15.3. The molecular formula is C16H26N2O2S. The molecular weight excluding hydrogens is 284 g/mol. The minimum Gasteiger partial charge on any atom is -0.317 e. The molecule has 0 radical (unpaired) electrons. The Morgan fingerprint density at radius 1 is 1.14 bits per heavy atom. The molecule has 0 heterocycles. The van der Waals surface area contributed by atoms with Crippen LogP contribution in [0.3, 0.4) is 0 Å². The molecule has 0 unspecified atom stereocenters. The number of hydrogen-bond donors (Lipinski definition) is 2. The Hall–Kier alpha value is -0.910. The van der Waals surface area contributed by atoms with Crippen molar-refractivity contribution in [2.24, 2.45) is 5.92 Å². The molecule has 5 heteroatoms. The van der Waals surface area contributed by atoms with E-state index in [1.165, 1.54) is 18.4 Å². The molecule has 4 nitrogen and oxygen atoms in total. The molecule has 0 aliphatic heterocycles. The molecule has 0 aromatic heterocycles. The van der Waals surface area contributed by atoms with E-state index in [4.69, 9.17) is 0 Å². The SMILES string of the molecule is CCNCCCc1ccc(S(=O)(=O)NCCC2CC2)cc1. The molecule has 118 valence electrons. The molecule has 1 saturated carbocycles. The average molecular weight is 310 g/mol. The first kappa shape index (κ1) is 16.5. The van der Waals surface area contributed by atoms with E-state index in [0.29, 0.717) is 11.4 Å². The Morgan fingerprint density at radius 3 is 2.48 bits per heavy atom. The Balaban J connectivity index is 1.81. The number of sulfonamides is 1. The van der Waals surface area contributed by atoms with Gasteiger partial charge in [-0.3, -0.25) is 0 Å². The largest absolute Gasteiger partial charge is 0.317 e. The summed E-state index contributed by atoms with van der Waals surface area (Å²) < 4.78 is 26.9. The van der Waals surface area contributed by atoms with Gasteiger partial charge < -0.3 is 5.32 Å². The predicted molar refractivity (Wildman–Crippen MR) is 85.8 cm³/mol. The van der Waals surface area contributed by atoms with Crippen molar-refractivity contribution in [2.75, 3.05) is 19.6 Å². The Morgan fingerprint density at radius 2 is 1.86 bits per heavy atom. The maximum Gasteiger partial charge on any atom is 0.240 e. The third-order valence-electron chi connectivity index (χ3n) is 3.84. The van der Waals surface area contributed by atoms with Crippen LogP contribution in [0.2, 0.25) is 0 Å². The fourth-order valence-corrected chi connectivity index (χ4v) is 3.36. The van der Waals surface area contributed by atoms with Crippen molar-refractivity contribution in [1.82, 2.24) is 10.0 Å². The number of nitrogens with one attached hydrogen (secondary N) is 2. The van der Waals surface area contributed by atoms with Gasteiger partial charge in [0.25, 0.3) is 0 Å². The van der Waals surface area contributed by atoms with Crippen LogP contribution >= 0.6 is 0 Å². The smallest absolute Gasteiger partial charge is 0.240 e. The molecule has 1 aromatic rings. The summed E-state index contributed by atoms with van der Waals surface area (Å²) in [5, 5.41) is 3.29. The molecule has 2 rings (SSSR count). The second-order valence-corrected chi connectivity index (χ2v) is 7.50. The minimum atomic E-state index is -3.34. The van der Waals surface area contributed by atoms with Crippen LogP contribution in [0.25, 0.3) is 0 Å². The van der Waals surface area contributed by atoms with Crippen LogP contribution in [0.15, 0.2) is 29.2 Å². The zero-order valence-electron chi connectivity index (χ0n) is 12.8. The minimum absolute atomic E-state index is 0.369. The van der Waals surface area contributed by atoms with Crippen molar-refractivity contribution >= 4 is 10.0 Å². The highest BCUT2D eigenvalue weighted by molar-refractivity contribution is 7.89. The van der Waals surface area contributed by atoms with Gasteiger partial charge in [0.2, 0.25) is 10.0 Å². The monoisotopic (exact) mass is 310 g/mol. The third kappa shape index (κ3) is 5.77. The second kappa shape index (κ2) is 7.92. The summed E-state index contributed by atoms with van der Waals surface area (Å²) in [5.41, 5.74) is 1.19. The molecule has 0 atom stereocenters. The summed E-state index contributed by atoms with van der Waals surface area (Å²) in [6, 6.07) is 7.26. The Bertz CT molecular complexity index is 522. The molecule has 1 aliphatic carbocycles. The highest BCUT2D eigenvalue weighted by atomic mass is 32.2. The molecule has 21 heavy (non-hydrogen) atoms. The summed E-state index contributed by atoms with van der Waals surface area (Å²) in [4.78, 5) is 0.369. The van der Waals surface area contributed by atoms with Crippen molar-refractivity contribution in [1.29, 1.82) is 0 Å². The van der Waals surface area contributed by atoms with Crippen LogP contribution in [-0.2, 0) is 16.4 Å². The quantitative estimate of drug-likeness (QED) is 0.652. The van der Waals surface area contributed by atoms with Crippen molar-refractivity contribution in [3.8, 4) is 0 Å². The molecule has 0 amide bonds. The Kier molecular flexibility index (Phi) is 6.21. The lowest BCUT2D eigenvalue weighted by molar-refractivity contribution is 0.575. The average Bonchev–Trinajstić information content (AvgIpc) is 3.28. The zero-order chi connectivity index (χ0) is 15.1. The van der Waals surface area contributed by atoms with Crippen molar-refractivity contribution in [2.45, 2.75) is 43.9 Å².